The molecule has 2 N–H and O–H groups in total. The highest BCUT2D eigenvalue weighted by molar-refractivity contribution is 5.93. The van der Waals surface area contributed by atoms with E-state index in [1.165, 1.54) is 16.8 Å². The molecule has 0 aliphatic heterocycles. The van der Waals surface area contributed by atoms with Crippen LogP contribution >= 0.6 is 0 Å². The third kappa shape index (κ3) is 3.16. The van der Waals surface area contributed by atoms with Crippen molar-refractivity contribution < 1.29 is 14.8 Å². The Morgan fingerprint density at radius 2 is 2.15 bits per heavy atom. The summed E-state index contributed by atoms with van der Waals surface area (Å²) in [6.07, 6.45) is 5.69. The number of carbonyl (C=O) groups excluding carboxylic acids is 1. The lowest BCUT2D eigenvalue weighted by Crippen LogP contribution is -2.44. The average molecular weight is 281 g/mol. The number of nitrogens with zero attached hydrogens (tertiary/aromatic N) is 2. The fourth-order valence-electron chi connectivity index (χ4n) is 2.59. The molecule has 0 atom stereocenters. The van der Waals surface area contributed by atoms with Gasteiger partial charge in [0.2, 0.25) is 0 Å². The average Bonchev–Trinajstić information content (AvgIpc) is 2.79. The van der Waals surface area contributed by atoms with E-state index in [1.807, 2.05) is 0 Å². The van der Waals surface area contributed by atoms with Crippen molar-refractivity contribution in [3.8, 4) is 0 Å². The number of rotatable bonds is 4. The fraction of sp³-hybridized carbons (Fsp3) is 0.615. The number of nitrogens with one attached hydrogen (secondary N) is 1. The van der Waals surface area contributed by atoms with E-state index in [1.54, 1.807) is 7.05 Å². The van der Waals surface area contributed by atoms with Crippen LogP contribution in [0.5, 0.6) is 0 Å². The molecule has 1 aliphatic carbocycles. The molecular formula is C13H19N3O4. The van der Waals surface area contributed by atoms with Crippen LogP contribution in [0, 0.1) is 10.1 Å². The third-order valence-electron chi connectivity index (χ3n) is 3.80. The van der Waals surface area contributed by atoms with Crippen molar-refractivity contribution in [3.63, 3.8) is 0 Å². The maximum Gasteiger partial charge on any atom is 0.287 e. The summed E-state index contributed by atoms with van der Waals surface area (Å²) in [5.74, 6) is -0.403. The molecule has 0 unspecified atom stereocenters. The van der Waals surface area contributed by atoms with Crippen LogP contribution in [0.4, 0.5) is 5.69 Å². The first-order chi connectivity index (χ1) is 9.41. The van der Waals surface area contributed by atoms with Gasteiger partial charge in [-0.15, -0.1) is 0 Å². The smallest absolute Gasteiger partial charge is 0.287 e. The molecule has 1 saturated carbocycles. The summed E-state index contributed by atoms with van der Waals surface area (Å²) in [7, 11) is 1.58. The standard InChI is InChI=1S/C13H19N3O4/c1-15-8-10(16(19)20)7-11(15)12(17)14-9-13(18)5-3-2-4-6-13/h7-8,18H,2-6,9H2,1H3,(H,14,17). The van der Waals surface area contributed by atoms with Gasteiger partial charge in [-0.25, -0.2) is 0 Å². The van der Waals surface area contributed by atoms with Crippen molar-refractivity contribution in [2.24, 2.45) is 7.05 Å². The van der Waals surface area contributed by atoms with Gasteiger partial charge in [-0.2, -0.15) is 0 Å². The second-order valence-corrected chi connectivity index (χ2v) is 5.42. The molecule has 1 amide bonds. The summed E-state index contributed by atoms with van der Waals surface area (Å²) < 4.78 is 1.42. The number of carbonyl (C=O) groups is 1. The number of hydrogen-bond acceptors (Lipinski definition) is 4. The first-order valence-electron chi connectivity index (χ1n) is 6.73. The molecular weight excluding hydrogens is 262 g/mol. The zero-order valence-electron chi connectivity index (χ0n) is 11.5. The molecule has 1 aromatic heterocycles. The zero-order chi connectivity index (χ0) is 14.8. The molecule has 20 heavy (non-hydrogen) atoms. The number of nitro groups is 1. The van der Waals surface area contributed by atoms with Gasteiger partial charge in [-0.05, 0) is 12.8 Å². The molecule has 7 nitrogen and oxygen atoms in total. The van der Waals surface area contributed by atoms with Gasteiger partial charge in [-0.3, -0.25) is 14.9 Å². The number of amides is 1. The van der Waals surface area contributed by atoms with Gasteiger partial charge in [0.05, 0.1) is 16.7 Å². The quantitative estimate of drug-likeness (QED) is 0.643. The molecule has 1 aliphatic rings. The molecule has 1 fully saturated rings. The number of hydrogen-bond donors (Lipinski definition) is 2. The van der Waals surface area contributed by atoms with Crippen molar-refractivity contribution in [1.82, 2.24) is 9.88 Å². The van der Waals surface area contributed by atoms with E-state index in [4.69, 9.17) is 0 Å². The van der Waals surface area contributed by atoms with E-state index < -0.39 is 16.4 Å². The van der Waals surface area contributed by atoms with Gasteiger partial charge in [-0.1, -0.05) is 19.3 Å². The maximum atomic E-state index is 12.0. The minimum atomic E-state index is -0.842. The molecule has 2 rings (SSSR count). The summed E-state index contributed by atoms with van der Waals surface area (Å²) in [6, 6.07) is 1.24. The van der Waals surface area contributed by atoms with E-state index >= 15 is 0 Å². The van der Waals surface area contributed by atoms with Crippen molar-refractivity contribution in [2.75, 3.05) is 6.54 Å². The number of aliphatic hydroxyl groups is 1. The molecule has 0 saturated heterocycles. The summed E-state index contributed by atoms with van der Waals surface area (Å²) in [5, 5.41) is 23.6. The van der Waals surface area contributed by atoms with Crippen LogP contribution in [0.25, 0.3) is 0 Å². The molecule has 0 aromatic carbocycles. The van der Waals surface area contributed by atoms with Crippen LogP contribution in [0.2, 0.25) is 0 Å². The monoisotopic (exact) mass is 281 g/mol. The van der Waals surface area contributed by atoms with Crippen LogP contribution in [0.1, 0.15) is 42.6 Å². The van der Waals surface area contributed by atoms with Gasteiger partial charge in [0.15, 0.2) is 0 Å². The van der Waals surface area contributed by atoms with E-state index in [2.05, 4.69) is 5.32 Å². The van der Waals surface area contributed by atoms with Crippen molar-refractivity contribution in [3.05, 3.63) is 28.1 Å². The highest BCUT2D eigenvalue weighted by Crippen LogP contribution is 2.27. The van der Waals surface area contributed by atoms with Crippen LogP contribution < -0.4 is 5.32 Å². The van der Waals surface area contributed by atoms with E-state index in [-0.39, 0.29) is 17.9 Å². The number of aryl methyl sites for hydroxylation is 1. The zero-order valence-corrected chi connectivity index (χ0v) is 11.5. The topological polar surface area (TPSA) is 97.4 Å². The second kappa shape index (κ2) is 5.62. The van der Waals surface area contributed by atoms with Crippen LogP contribution in [0.3, 0.4) is 0 Å². The highest BCUT2D eigenvalue weighted by Gasteiger charge is 2.30. The summed E-state index contributed by atoms with van der Waals surface area (Å²) in [6.45, 7) is 0.185. The highest BCUT2D eigenvalue weighted by atomic mass is 16.6. The molecule has 1 aromatic rings. The Morgan fingerprint density at radius 3 is 2.70 bits per heavy atom. The van der Waals surface area contributed by atoms with E-state index in [9.17, 15) is 20.0 Å². The molecule has 7 heteroatoms. The van der Waals surface area contributed by atoms with E-state index in [0.717, 1.165) is 19.3 Å². The minimum absolute atomic E-state index is 0.117. The van der Waals surface area contributed by atoms with Gasteiger partial charge < -0.3 is 15.0 Å². The summed E-state index contributed by atoms with van der Waals surface area (Å²) in [5.41, 5.74) is -0.740. The molecule has 1 heterocycles. The Hall–Kier alpha value is -1.89. The SMILES string of the molecule is Cn1cc([N+](=O)[O-])cc1C(=O)NCC1(O)CCCCC1. The minimum Gasteiger partial charge on any atom is -0.388 e. The predicted octanol–water partition coefficient (Wildman–Crippen LogP) is 1.36. The van der Waals surface area contributed by atoms with Gasteiger partial charge in [0, 0.05) is 19.7 Å². The second-order valence-electron chi connectivity index (χ2n) is 5.42. The van der Waals surface area contributed by atoms with Gasteiger partial charge >= 0.3 is 0 Å². The molecule has 0 spiro atoms. The summed E-state index contributed by atoms with van der Waals surface area (Å²) >= 11 is 0. The molecule has 0 radical (unpaired) electrons. The summed E-state index contributed by atoms with van der Waals surface area (Å²) in [4.78, 5) is 22.2. The fourth-order valence-corrected chi connectivity index (χ4v) is 2.59. The lowest BCUT2D eigenvalue weighted by molar-refractivity contribution is -0.384. The Balaban J connectivity index is 1.99. The van der Waals surface area contributed by atoms with Crippen LogP contribution in [-0.2, 0) is 7.05 Å². The Kier molecular flexibility index (Phi) is 4.08. The first-order valence-corrected chi connectivity index (χ1v) is 6.73. The number of aromatic nitrogens is 1. The van der Waals surface area contributed by atoms with Crippen molar-refractivity contribution in [1.29, 1.82) is 0 Å². The maximum absolute atomic E-state index is 12.0. The van der Waals surface area contributed by atoms with E-state index in [0.29, 0.717) is 12.8 Å². The Bertz CT molecular complexity index is 518. The van der Waals surface area contributed by atoms with Gasteiger partial charge in [0.1, 0.15) is 5.69 Å². The lowest BCUT2D eigenvalue weighted by Gasteiger charge is -2.32. The third-order valence-corrected chi connectivity index (χ3v) is 3.80. The first kappa shape index (κ1) is 14.5. The lowest BCUT2D eigenvalue weighted by atomic mass is 9.85. The van der Waals surface area contributed by atoms with Crippen molar-refractivity contribution in [2.45, 2.75) is 37.7 Å². The molecule has 0 bridgehead atoms. The van der Waals surface area contributed by atoms with Crippen LogP contribution in [0.15, 0.2) is 12.3 Å². The predicted molar refractivity (Wildman–Crippen MR) is 72.4 cm³/mol. The van der Waals surface area contributed by atoms with Crippen molar-refractivity contribution >= 4 is 11.6 Å². The van der Waals surface area contributed by atoms with Gasteiger partial charge in [0.25, 0.3) is 11.6 Å². The largest absolute Gasteiger partial charge is 0.388 e. The Labute approximate surface area is 116 Å². The normalized spacial score (nSPS) is 17.7. The Morgan fingerprint density at radius 1 is 1.50 bits per heavy atom. The van der Waals surface area contributed by atoms with Crippen LogP contribution in [-0.4, -0.2) is 32.6 Å². The molecule has 110 valence electrons.